The topological polar surface area (TPSA) is 103 Å². The number of fused-ring (bicyclic) bond motifs is 2. The highest BCUT2D eigenvalue weighted by molar-refractivity contribution is 6.01. The van der Waals surface area contributed by atoms with Gasteiger partial charge in [-0.3, -0.25) is 19.9 Å². The molecule has 1 aliphatic rings. The molecule has 0 saturated heterocycles. The fraction of sp³-hybridized carbons (Fsp3) is 0.235. The zero-order valence-corrected chi connectivity index (χ0v) is 24.0. The number of aromatic amines is 2. The van der Waals surface area contributed by atoms with Crippen LogP contribution in [0.4, 0.5) is 0 Å². The molecule has 6 rings (SSSR count). The van der Waals surface area contributed by atoms with E-state index in [-0.39, 0.29) is 11.8 Å². The molecule has 0 bridgehead atoms. The van der Waals surface area contributed by atoms with Gasteiger partial charge < -0.3 is 15.2 Å². The maximum atomic E-state index is 12.9. The minimum Gasteiger partial charge on any atom is -0.357 e. The number of nitrogens with zero attached hydrogens (tertiary/aromatic N) is 4. The summed E-state index contributed by atoms with van der Waals surface area (Å²) >= 11 is 0. The van der Waals surface area contributed by atoms with Crippen molar-refractivity contribution < 1.29 is 4.79 Å². The molecule has 8 nitrogen and oxygen atoms in total. The van der Waals surface area contributed by atoms with Crippen molar-refractivity contribution in [2.45, 2.75) is 39.0 Å². The summed E-state index contributed by atoms with van der Waals surface area (Å²) in [6.45, 7) is 5.85. The summed E-state index contributed by atoms with van der Waals surface area (Å²) in [5, 5.41) is 13.0. The number of allylic oxidation sites excluding steroid dienone is 3. The molecule has 0 spiro atoms. The lowest BCUT2D eigenvalue weighted by Crippen LogP contribution is -2.30. The number of hydrogen-bond donors (Lipinski definition) is 3. The first kappa shape index (κ1) is 27.2. The van der Waals surface area contributed by atoms with Gasteiger partial charge in [0, 0.05) is 53.6 Å². The first-order valence-corrected chi connectivity index (χ1v) is 14.4. The quantitative estimate of drug-likeness (QED) is 0.175. The SMILES string of the molecule is C=CN(C)/C=C(\C=C(/C)NC(=O)C1CCCCC1)c1ccc2[nH]nc(-c3cc4c(-c5ccccn5)cncc4[nH]3)c2c1. The van der Waals surface area contributed by atoms with Crippen LogP contribution in [-0.4, -0.2) is 43.0 Å². The fourth-order valence-electron chi connectivity index (χ4n) is 5.70. The lowest BCUT2D eigenvalue weighted by atomic mass is 9.88. The van der Waals surface area contributed by atoms with Crippen molar-refractivity contribution in [1.82, 2.24) is 35.4 Å². The van der Waals surface area contributed by atoms with Crippen LogP contribution in [0.1, 0.15) is 44.6 Å². The van der Waals surface area contributed by atoms with E-state index in [1.807, 2.05) is 67.8 Å². The van der Waals surface area contributed by atoms with Crippen molar-refractivity contribution in [2.24, 2.45) is 5.92 Å². The number of nitrogens with one attached hydrogen (secondary N) is 3. The van der Waals surface area contributed by atoms with Crippen molar-refractivity contribution in [2.75, 3.05) is 7.05 Å². The van der Waals surface area contributed by atoms with E-state index in [1.165, 1.54) is 6.42 Å². The molecular weight excluding hydrogens is 522 g/mol. The lowest BCUT2D eigenvalue weighted by Gasteiger charge is -2.21. The Labute approximate surface area is 245 Å². The Morgan fingerprint density at radius 3 is 2.71 bits per heavy atom. The Kier molecular flexibility index (Phi) is 7.68. The summed E-state index contributed by atoms with van der Waals surface area (Å²) in [5.41, 5.74) is 8.14. The Morgan fingerprint density at radius 2 is 1.93 bits per heavy atom. The van der Waals surface area contributed by atoms with E-state index in [9.17, 15) is 4.79 Å². The van der Waals surface area contributed by atoms with Crippen LogP contribution in [0.2, 0.25) is 0 Å². The van der Waals surface area contributed by atoms with Gasteiger partial charge in [-0.1, -0.05) is 38.0 Å². The highest BCUT2D eigenvalue weighted by Crippen LogP contribution is 2.34. The standard InChI is InChI=1S/C34H35N7O/c1-4-41(3)21-25(16-22(2)37-34(42)23-10-6-5-7-11-23)24-13-14-30-27(17-24)33(40-39-30)31-18-26-28(19-35-20-32(26)38-31)29-12-8-9-15-36-29/h4,8-9,12-21,23,38H,1,5-7,10-11H2,2-3H3,(H,37,42)(H,39,40)/b22-16+,25-21+. The molecule has 1 amide bonds. The van der Waals surface area contributed by atoms with E-state index >= 15 is 0 Å². The Bertz CT molecular complexity index is 1810. The minimum absolute atomic E-state index is 0.0971. The van der Waals surface area contributed by atoms with E-state index < -0.39 is 0 Å². The molecule has 212 valence electrons. The number of amides is 1. The number of rotatable bonds is 8. The predicted molar refractivity (Wildman–Crippen MR) is 169 cm³/mol. The molecule has 4 heterocycles. The molecule has 1 fully saturated rings. The smallest absolute Gasteiger partial charge is 0.227 e. The van der Waals surface area contributed by atoms with Gasteiger partial charge in [-0.2, -0.15) is 5.10 Å². The molecule has 42 heavy (non-hydrogen) atoms. The molecule has 1 saturated carbocycles. The first-order valence-electron chi connectivity index (χ1n) is 14.4. The molecule has 8 heteroatoms. The van der Waals surface area contributed by atoms with E-state index in [0.29, 0.717) is 0 Å². The van der Waals surface area contributed by atoms with Crippen molar-refractivity contribution in [3.63, 3.8) is 0 Å². The third-order valence-corrected chi connectivity index (χ3v) is 7.94. The predicted octanol–water partition coefficient (Wildman–Crippen LogP) is 7.18. The summed E-state index contributed by atoms with van der Waals surface area (Å²) in [5.74, 6) is 0.214. The van der Waals surface area contributed by atoms with Crippen LogP contribution in [0.15, 0.2) is 91.8 Å². The molecule has 3 N–H and O–H groups in total. The van der Waals surface area contributed by atoms with Gasteiger partial charge in [0.25, 0.3) is 0 Å². The normalized spacial score (nSPS) is 14.8. The molecule has 1 aromatic carbocycles. The van der Waals surface area contributed by atoms with Crippen LogP contribution >= 0.6 is 0 Å². The van der Waals surface area contributed by atoms with E-state index in [2.05, 4.69) is 55.2 Å². The summed E-state index contributed by atoms with van der Waals surface area (Å²) in [6, 6.07) is 14.2. The summed E-state index contributed by atoms with van der Waals surface area (Å²) < 4.78 is 0. The van der Waals surface area contributed by atoms with Crippen LogP contribution < -0.4 is 5.32 Å². The van der Waals surface area contributed by atoms with Gasteiger partial charge in [-0.25, -0.2) is 0 Å². The second-order valence-electron chi connectivity index (χ2n) is 11.0. The van der Waals surface area contributed by atoms with Crippen LogP contribution in [0.5, 0.6) is 0 Å². The number of benzene rings is 1. The van der Waals surface area contributed by atoms with Crippen LogP contribution in [0.3, 0.4) is 0 Å². The van der Waals surface area contributed by atoms with Gasteiger partial charge in [0.2, 0.25) is 5.91 Å². The van der Waals surface area contributed by atoms with E-state index in [1.54, 1.807) is 12.4 Å². The fourth-order valence-corrected chi connectivity index (χ4v) is 5.70. The van der Waals surface area contributed by atoms with Gasteiger partial charge in [0.15, 0.2) is 0 Å². The molecule has 0 atom stereocenters. The third kappa shape index (κ3) is 5.61. The molecule has 1 aliphatic carbocycles. The highest BCUT2D eigenvalue weighted by Gasteiger charge is 2.21. The van der Waals surface area contributed by atoms with Gasteiger partial charge in [-0.05, 0) is 73.5 Å². The molecule has 0 unspecified atom stereocenters. The van der Waals surface area contributed by atoms with Gasteiger partial charge in [0.1, 0.15) is 5.69 Å². The van der Waals surface area contributed by atoms with E-state index in [0.717, 1.165) is 87.0 Å². The largest absolute Gasteiger partial charge is 0.357 e. The zero-order chi connectivity index (χ0) is 29.1. The zero-order valence-electron chi connectivity index (χ0n) is 24.0. The summed E-state index contributed by atoms with van der Waals surface area (Å²) in [7, 11) is 1.94. The molecular formula is C34H35N7O. The van der Waals surface area contributed by atoms with Crippen LogP contribution in [-0.2, 0) is 4.79 Å². The average Bonchev–Trinajstić information content (AvgIpc) is 3.65. The number of carbonyl (C=O) groups is 1. The second kappa shape index (κ2) is 11.9. The van der Waals surface area contributed by atoms with Crippen molar-refractivity contribution in [3.8, 4) is 22.6 Å². The van der Waals surface area contributed by atoms with Crippen molar-refractivity contribution in [1.29, 1.82) is 0 Å². The molecule has 4 aromatic heterocycles. The maximum absolute atomic E-state index is 12.9. The number of H-pyrrole nitrogens is 2. The van der Waals surface area contributed by atoms with Gasteiger partial charge in [0.05, 0.1) is 28.6 Å². The van der Waals surface area contributed by atoms with Crippen LogP contribution in [0, 0.1) is 5.92 Å². The highest BCUT2D eigenvalue weighted by atomic mass is 16.1. The molecule has 5 aromatic rings. The number of pyridine rings is 2. The van der Waals surface area contributed by atoms with Crippen molar-refractivity contribution in [3.05, 3.63) is 97.4 Å². The molecule has 0 radical (unpaired) electrons. The maximum Gasteiger partial charge on any atom is 0.227 e. The monoisotopic (exact) mass is 557 g/mol. The summed E-state index contributed by atoms with van der Waals surface area (Å²) in [4.78, 5) is 27.3. The molecule has 0 aliphatic heterocycles. The van der Waals surface area contributed by atoms with Gasteiger partial charge in [-0.15, -0.1) is 0 Å². The Balaban J connectivity index is 1.36. The Morgan fingerprint density at radius 1 is 1.07 bits per heavy atom. The number of carbonyl (C=O) groups excluding carboxylic acids is 1. The number of aromatic nitrogens is 5. The first-order chi connectivity index (χ1) is 20.5. The lowest BCUT2D eigenvalue weighted by molar-refractivity contribution is -0.125. The Hall–Kier alpha value is -4.98. The third-order valence-electron chi connectivity index (χ3n) is 7.94. The number of hydrogen-bond acceptors (Lipinski definition) is 5. The van der Waals surface area contributed by atoms with Crippen LogP contribution in [0.25, 0.3) is 50.0 Å². The average molecular weight is 558 g/mol. The van der Waals surface area contributed by atoms with E-state index in [4.69, 9.17) is 0 Å². The summed E-state index contributed by atoms with van der Waals surface area (Å²) in [6.07, 6.45) is 16.7. The minimum atomic E-state index is 0.0971. The second-order valence-corrected chi connectivity index (χ2v) is 11.0. The van der Waals surface area contributed by atoms with Crippen molar-refractivity contribution >= 4 is 33.3 Å². The van der Waals surface area contributed by atoms with Gasteiger partial charge >= 0.3 is 0 Å².